The molecule has 0 aliphatic carbocycles. The second-order valence-electron chi connectivity index (χ2n) is 7.56. The first-order chi connectivity index (χ1) is 14.4. The van der Waals surface area contributed by atoms with Gasteiger partial charge in [0.05, 0.1) is 10.8 Å². The van der Waals surface area contributed by atoms with Gasteiger partial charge in [0, 0.05) is 38.9 Å². The summed E-state index contributed by atoms with van der Waals surface area (Å²) in [6.45, 7) is 1.86. The first-order valence-electron chi connectivity index (χ1n) is 10.2. The molecule has 2 aromatic rings. The van der Waals surface area contributed by atoms with E-state index in [4.69, 9.17) is 0 Å². The maximum atomic E-state index is 13.1. The third kappa shape index (κ3) is 5.58. The fourth-order valence-corrected chi connectivity index (χ4v) is 5.14. The van der Waals surface area contributed by atoms with Crippen LogP contribution in [-0.4, -0.2) is 51.9 Å². The summed E-state index contributed by atoms with van der Waals surface area (Å²) < 4.78 is 40.1. The Hall–Kier alpha value is -2.45. The summed E-state index contributed by atoms with van der Waals surface area (Å²) in [6, 6.07) is 14.8. The molecule has 162 valence electrons. The molecule has 0 saturated carbocycles. The average Bonchev–Trinajstić information content (AvgIpc) is 2.77. The van der Waals surface area contributed by atoms with Crippen molar-refractivity contribution < 1.29 is 17.6 Å². The maximum absolute atomic E-state index is 13.1. The lowest BCUT2D eigenvalue weighted by atomic mass is 9.99. The number of halogens is 1. The molecule has 3 rings (SSSR count). The minimum Gasteiger partial charge on any atom is -0.375 e. The zero-order valence-electron chi connectivity index (χ0n) is 17.1. The fraction of sp³-hybridized carbons (Fsp3) is 0.409. The summed E-state index contributed by atoms with van der Waals surface area (Å²) in [5, 5.41) is 2.94. The number of carbonyl (C=O) groups is 1. The number of piperidine rings is 1. The Balaban J connectivity index is 1.49. The van der Waals surface area contributed by atoms with Crippen LogP contribution in [0.5, 0.6) is 0 Å². The first kappa shape index (κ1) is 22.2. The lowest BCUT2D eigenvalue weighted by molar-refractivity contribution is -0.126. The molecule has 6 nitrogen and oxygen atoms in total. The molecule has 1 atom stereocenters. The average molecular weight is 434 g/mol. The smallest absolute Gasteiger partial charge is 0.243 e. The van der Waals surface area contributed by atoms with E-state index in [-0.39, 0.29) is 23.3 Å². The van der Waals surface area contributed by atoms with Crippen LogP contribution in [0.2, 0.25) is 0 Å². The number of carbonyl (C=O) groups excluding carboxylic acids is 1. The van der Waals surface area contributed by atoms with Crippen LogP contribution in [0.3, 0.4) is 0 Å². The monoisotopic (exact) mass is 433 g/mol. The normalized spacial score (nSPS) is 17.5. The molecule has 2 aromatic carbocycles. The van der Waals surface area contributed by atoms with Crippen LogP contribution in [0, 0.1) is 11.7 Å². The SMILES string of the molecule is CN(CCCNC(=O)[C@@H]1CCCN(S(=O)(=O)c2ccc(F)cc2)C1)c1ccccc1. The van der Waals surface area contributed by atoms with Crippen molar-refractivity contribution in [2.45, 2.75) is 24.2 Å². The molecule has 1 amide bonds. The highest BCUT2D eigenvalue weighted by Crippen LogP contribution is 2.24. The number of nitrogens with zero attached hydrogens (tertiary/aromatic N) is 2. The Bertz CT molecular complexity index is 936. The zero-order valence-corrected chi connectivity index (χ0v) is 17.9. The predicted molar refractivity (Wildman–Crippen MR) is 115 cm³/mol. The number of nitrogens with one attached hydrogen (secondary N) is 1. The van der Waals surface area contributed by atoms with Crippen molar-refractivity contribution in [2.75, 3.05) is 38.1 Å². The van der Waals surface area contributed by atoms with Gasteiger partial charge in [-0.1, -0.05) is 18.2 Å². The van der Waals surface area contributed by atoms with Crippen LogP contribution >= 0.6 is 0 Å². The Morgan fingerprint density at radius 2 is 1.87 bits per heavy atom. The van der Waals surface area contributed by atoms with Gasteiger partial charge >= 0.3 is 0 Å². The van der Waals surface area contributed by atoms with Crippen LogP contribution in [0.25, 0.3) is 0 Å². The Kier molecular flexibility index (Phi) is 7.44. The van der Waals surface area contributed by atoms with E-state index >= 15 is 0 Å². The molecule has 0 aromatic heterocycles. The molecule has 1 aliphatic heterocycles. The molecule has 1 aliphatic rings. The number of sulfonamides is 1. The molecule has 30 heavy (non-hydrogen) atoms. The van der Waals surface area contributed by atoms with E-state index in [9.17, 15) is 17.6 Å². The van der Waals surface area contributed by atoms with Crippen molar-refractivity contribution in [3.63, 3.8) is 0 Å². The van der Waals surface area contributed by atoms with Crippen molar-refractivity contribution in [3.8, 4) is 0 Å². The number of para-hydroxylation sites is 1. The van der Waals surface area contributed by atoms with Crippen LogP contribution < -0.4 is 10.2 Å². The number of rotatable bonds is 8. The maximum Gasteiger partial charge on any atom is 0.243 e. The lowest BCUT2D eigenvalue weighted by Crippen LogP contribution is -2.45. The van der Waals surface area contributed by atoms with Crippen molar-refractivity contribution in [1.29, 1.82) is 0 Å². The second kappa shape index (κ2) is 10.0. The molecule has 0 radical (unpaired) electrons. The standard InChI is InChI=1S/C22H28FN3O3S/c1-25(20-8-3-2-4-9-20)15-6-14-24-22(27)18-7-5-16-26(17-18)30(28,29)21-12-10-19(23)11-13-21/h2-4,8-13,18H,5-7,14-17H2,1H3,(H,24,27)/t18-/m1/s1. The van der Waals surface area contributed by atoms with Crippen LogP contribution in [0.1, 0.15) is 19.3 Å². The zero-order chi connectivity index (χ0) is 21.6. The largest absolute Gasteiger partial charge is 0.375 e. The van der Waals surface area contributed by atoms with E-state index in [1.807, 2.05) is 37.4 Å². The van der Waals surface area contributed by atoms with E-state index in [1.54, 1.807) is 0 Å². The minimum absolute atomic E-state index is 0.0499. The molecular weight excluding hydrogens is 405 g/mol. The van der Waals surface area contributed by atoms with Gasteiger partial charge in [0.15, 0.2) is 0 Å². The fourth-order valence-electron chi connectivity index (χ4n) is 3.61. The highest BCUT2D eigenvalue weighted by atomic mass is 32.2. The third-order valence-electron chi connectivity index (χ3n) is 5.37. The molecule has 1 N–H and O–H groups in total. The molecule has 1 fully saturated rings. The molecule has 0 bridgehead atoms. The molecule has 1 heterocycles. The second-order valence-corrected chi connectivity index (χ2v) is 9.50. The van der Waals surface area contributed by atoms with E-state index in [0.29, 0.717) is 25.9 Å². The van der Waals surface area contributed by atoms with E-state index in [1.165, 1.54) is 16.4 Å². The number of anilines is 1. The first-order valence-corrected chi connectivity index (χ1v) is 11.6. The van der Waals surface area contributed by atoms with Crippen molar-refractivity contribution >= 4 is 21.6 Å². The summed E-state index contributed by atoms with van der Waals surface area (Å²) in [5.74, 6) is -0.972. The van der Waals surface area contributed by atoms with Crippen molar-refractivity contribution in [3.05, 3.63) is 60.4 Å². The van der Waals surface area contributed by atoms with Gasteiger partial charge in [-0.3, -0.25) is 4.79 Å². The summed E-state index contributed by atoms with van der Waals surface area (Å²) in [7, 11) is -1.72. The van der Waals surface area contributed by atoms with Gasteiger partial charge in [0.2, 0.25) is 15.9 Å². The number of benzene rings is 2. The Labute approximate surface area is 177 Å². The Morgan fingerprint density at radius 1 is 1.17 bits per heavy atom. The molecular formula is C22H28FN3O3S. The van der Waals surface area contributed by atoms with Crippen LogP contribution in [-0.2, 0) is 14.8 Å². The number of hydrogen-bond acceptors (Lipinski definition) is 4. The van der Waals surface area contributed by atoms with E-state index < -0.39 is 15.8 Å². The molecule has 8 heteroatoms. The lowest BCUT2D eigenvalue weighted by Gasteiger charge is -2.31. The number of amides is 1. The summed E-state index contributed by atoms with van der Waals surface area (Å²) in [6.07, 6.45) is 2.07. The van der Waals surface area contributed by atoms with Gasteiger partial charge in [-0.05, 0) is 55.7 Å². The van der Waals surface area contributed by atoms with E-state index in [2.05, 4.69) is 10.2 Å². The Morgan fingerprint density at radius 3 is 2.57 bits per heavy atom. The van der Waals surface area contributed by atoms with Crippen molar-refractivity contribution in [2.24, 2.45) is 5.92 Å². The molecule has 0 unspecified atom stereocenters. The molecule has 0 spiro atoms. The van der Waals surface area contributed by atoms with Crippen molar-refractivity contribution in [1.82, 2.24) is 9.62 Å². The summed E-state index contributed by atoms with van der Waals surface area (Å²) in [4.78, 5) is 14.7. The van der Waals surface area contributed by atoms with Gasteiger partial charge in [-0.25, -0.2) is 12.8 Å². The highest BCUT2D eigenvalue weighted by Gasteiger charge is 2.33. The third-order valence-corrected chi connectivity index (χ3v) is 7.25. The van der Waals surface area contributed by atoms with Crippen LogP contribution in [0.15, 0.2) is 59.5 Å². The van der Waals surface area contributed by atoms with Crippen LogP contribution in [0.4, 0.5) is 10.1 Å². The van der Waals surface area contributed by atoms with E-state index in [0.717, 1.165) is 30.8 Å². The van der Waals surface area contributed by atoms with Gasteiger partial charge in [0.1, 0.15) is 5.82 Å². The summed E-state index contributed by atoms with van der Waals surface area (Å²) >= 11 is 0. The minimum atomic E-state index is -3.73. The number of hydrogen-bond donors (Lipinski definition) is 1. The summed E-state index contributed by atoms with van der Waals surface area (Å²) in [5.41, 5.74) is 1.12. The topological polar surface area (TPSA) is 69.7 Å². The van der Waals surface area contributed by atoms with Gasteiger partial charge < -0.3 is 10.2 Å². The predicted octanol–water partition coefficient (Wildman–Crippen LogP) is 2.87. The van der Waals surface area contributed by atoms with Gasteiger partial charge in [0.25, 0.3) is 0 Å². The highest BCUT2D eigenvalue weighted by molar-refractivity contribution is 7.89. The van der Waals surface area contributed by atoms with Gasteiger partial charge in [-0.2, -0.15) is 4.31 Å². The molecule has 1 saturated heterocycles. The van der Waals surface area contributed by atoms with Gasteiger partial charge in [-0.15, -0.1) is 0 Å². The quantitative estimate of drug-likeness (QED) is 0.650.